The van der Waals surface area contributed by atoms with Crippen LogP contribution in [-0.2, 0) is 18.3 Å². The first-order valence-electron chi connectivity index (χ1n) is 6.95. The number of hydrogen-bond acceptors (Lipinski definition) is 3. The van der Waals surface area contributed by atoms with Gasteiger partial charge in [-0.3, -0.25) is 9.48 Å². The second-order valence-electron chi connectivity index (χ2n) is 5.21. The molecule has 106 valence electrons. The molecule has 2 heterocycles. The fraction of sp³-hybridized carbons (Fsp3) is 0.714. The molecule has 0 bridgehead atoms. The Labute approximate surface area is 119 Å². The number of amides is 1. The Hall–Kier alpha value is -0.970. The normalized spacial score (nSPS) is 18.8. The fourth-order valence-electron chi connectivity index (χ4n) is 2.54. The van der Waals surface area contributed by atoms with E-state index in [4.69, 9.17) is 0 Å². The van der Waals surface area contributed by atoms with E-state index in [1.165, 1.54) is 24.2 Å². The topological polar surface area (TPSA) is 46.9 Å². The van der Waals surface area contributed by atoms with Crippen molar-refractivity contribution in [3.63, 3.8) is 0 Å². The van der Waals surface area contributed by atoms with Crippen molar-refractivity contribution in [2.75, 3.05) is 12.3 Å². The average molecular weight is 281 g/mol. The maximum Gasteiger partial charge on any atom is 0.220 e. The lowest BCUT2D eigenvalue weighted by atomic mass is 10.1. The molecule has 0 saturated carbocycles. The molecule has 1 aromatic heterocycles. The summed E-state index contributed by atoms with van der Waals surface area (Å²) >= 11 is 1.98. The van der Waals surface area contributed by atoms with Gasteiger partial charge in [-0.2, -0.15) is 16.9 Å². The molecule has 0 aromatic carbocycles. The Morgan fingerprint density at radius 2 is 2.32 bits per heavy atom. The average Bonchev–Trinajstić information content (AvgIpc) is 2.96. The number of carbonyl (C=O) groups is 1. The summed E-state index contributed by atoms with van der Waals surface area (Å²) in [4.78, 5) is 11.9. The van der Waals surface area contributed by atoms with Gasteiger partial charge in [-0.25, -0.2) is 0 Å². The number of nitrogens with one attached hydrogen (secondary N) is 1. The first-order chi connectivity index (χ1) is 9.08. The Kier molecular flexibility index (Phi) is 4.91. The predicted molar refractivity (Wildman–Crippen MR) is 79.5 cm³/mol. The summed E-state index contributed by atoms with van der Waals surface area (Å²) in [5.41, 5.74) is 3.42. The van der Waals surface area contributed by atoms with Crippen molar-refractivity contribution < 1.29 is 4.79 Å². The molecular weight excluding hydrogens is 258 g/mol. The van der Waals surface area contributed by atoms with E-state index in [1.807, 2.05) is 30.4 Å². The molecule has 1 aromatic rings. The summed E-state index contributed by atoms with van der Waals surface area (Å²) in [5.74, 6) is 1.41. The third-order valence-corrected chi connectivity index (χ3v) is 5.21. The molecule has 0 radical (unpaired) electrons. The van der Waals surface area contributed by atoms with E-state index in [0.29, 0.717) is 11.7 Å². The lowest BCUT2D eigenvalue weighted by Crippen LogP contribution is -2.29. The van der Waals surface area contributed by atoms with Crippen molar-refractivity contribution in [2.45, 2.75) is 44.8 Å². The van der Waals surface area contributed by atoms with Crippen LogP contribution in [0.5, 0.6) is 0 Å². The molecule has 1 fully saturated rings. The number of thioether (sulfide) groups is 1. The van der Waals surface area contributed by atoms with Crippen molar-refractivity contribution in [2.24, 2.45) is 7.05 Å². The van der Waals surface area contributed by atoms with Crippen molar-refractivity contribution >= 4 is 17.7 Å². The smallest absolute Gasteiger partial charge is 0.220 e. The molecule has 2 rings (SSSR count). The SMILES string of the molecule is Cc1nn(C)c(C)c1CCC(=O)NC[C@H]1CCCS1. The zero-order valence-electron chi connectivity index (χ0n) is 12.0. The molecule has 1 atom stereocenters. The van der Waals surface area contributed by atoms with Gasteiger partial charge in [-0.15, -0.1) is 0 Å². The Bertz CT molecular complexity index is 450. The van der Waals surface area contributed by atoms with Gasteiger partial charge in [0.1, 0.15) is 0 Å². The minimum absolute atomic E-state index is 0.162. The lowest BCUT2D eigenvalue weighted by molar-refractivity contribution is -0.121. The molecule has 5 heteroatoms. The molecule has 0 unspecified atom stereocenters. The Balaban J connectivity index is 1.76. The highest BCUT2D eigenvalue weighted by Crippen LogP contribution is 2.25. The van der Waals surface area contributed by atoms with Crippen LogP contribution in [0.2, 0.25) is 0 Å². The van der Waals surface area contributed by atoms with Crippen molar-refractivity contribution in [1.82, 2.24) is 15.1 Å². The summed E-state index contributed by atoms with van der Waals surface area (Å²) in [6, 6.07) is 0. The third kappa shape index (κ3) is 3.75. The van der Waals surface area contributed by atoms with Gasteiger partial charge >= 0.3 is 0 Å². The maximum atomic E-state index is 11.9. The van der Waals surface area contributed by atoms with E-state index in [2.05, 4.69) is 17.3 Å². The van der Waals surface area contributed by atoms with Crippen LogP contribution in [0.4, 0.5) is 0 Å². The van der Waals surface area contributed by atoms with Crippen molar-refractivity contribution in [1.29, 1.82) is 0 Å². The molecule has 4 nitrogen and oxygen atoms in total. The second kappa shape index (κ2) is 6.46. The van der Waals surface area contributed by atoms with Crippen LogP contribution >= 0.6 is 11.8 Å². The standard InChI is InChI=1S/C14H23N3OS/c1-10-13(11(2)17(3)16-10)6-7-14(18)15-9-12-5-4-8-19-12/h12H,4-9H2,1-3H3,(H,15,18)/t12-/m1/s1. The summed E-state index contributed by atoms with van der Waals surface area (Å²) in [7, 11) is 1.95. The van der Waals surface area contributed by atoms with Gasteiger partial charge in [0.15, 0.2) is 0 Å². The van der Waals surface area contributed by atoms with Crippen LogP contribution in [0.1, 0.15) is 36.2 Å². The van der Waals surface area contributed by atoms with Gasteiger partial charge in [-0.05, 0) is 44.4 Å². The van der Waals surface area contributed by atoms with Gasteiger partial charge in [-0.1, -0.05) is 0 Å². The zero-order valence-corrected chi connectivity index (χ0v) is 12.8. The first-order valence-corrected chi connectivity index (χ1v) is 8.00. The summed E-state index contributed by atoms with van der Waals surface area (Å²) in [6.07, 6.45) is 3.88. The second-order valence-corrected chi connectivity index (χ2v) is 6.62. The molecule has 1 saturated heterocycles. The summed E-state index contributed by atoms with van der Waals surface area (Å²) in [6.45, 7) is 4.90. The third-order valence-electron chi connectivity index (χ3n) is 3.81. The predicted octanol–water partition coefficient (Wildman–Crippen LogP) is 1.98. The van der Waals surface area contributed by atoms with E-state index < -0.39 is 0 Å². The number of nitrogens with zero attached hydrogens (tertiary/aromatic N) is 2. The molecule has 19 heavy (non-hydrogen) atoms. The van der Waals surface area contributed by atoms with Crippen LogP contribution in [0, 0.1) is 13.8 Å². The van der Waals surface area contributed by atoms with Crippen LogP contribution in [0.3, 0.4) is 0 Å². The highest BCUT2D eigenvalue weighted by molar-refractivity contribution is 8.00. The summed E-state index contributed by atoms with van der Waals surface area (Å²) < 4.78 is 1.89. The number of aryl methyl sites for hydroxylation is 2. The minimum atomic E-state index is 0.162. The molecule has 1 aliphatic heterocycles. The van der Waals surface area contributed by atoms with E-state index in [1.54, 1.807) is 0 Å². The van der Waals surface area contributed by atoms with Crippen molar-refractivity contribution in [3.8, 4) is 0 Å². The van der Waals surface area contributed by atoms with Crippen LogP contribution < -0.4 is 5.32 Å². The Morgan fingerprint density at radius 3 is 2.89 bits per heavy atom. The molecule has 0 spiro atoms. The molecular formula is C14H23N3OS. The van der Waals surface area contributed by atoms with Gasteiger partial charge < -0.3 is 5.32 Å². The Morgan fingerprint density at radius 1 is 1.53 bits per heavy atom. The van der Waals surface area contributed by atoms with Crippen LogP contribution in [0.25, 0.3) is 0 Å². The zero-order chi connectivity index (χ0) is 13.8. The minimum Gasteiger partial charge on any atom is -0.355 e. The van der Waals surface area contributed by atoms with E-state index in [-0.39, 0.29) is 5.91 Å². The maximum absolute atomic E-state index is 11.9. The van der Waals surface area contributed by atoms with Gasteiger partial charge in [0.2, 0.25) is 5.91 Å². The largest absolute Gasteiger partial charge is 0.355 e. The van der Waals surface area contributed by atoms with Crippen molar-refractivity contribution in [3.05, 3.63) is 17.0 Å². The number of rotatable bonds is 5. The van der Waals surface area contributed by atoms with Crippen LogP contribution in [0.15, 0.2) is 0 Å². The quantitative estimate of drug-likeness (QED) is 0.898. The molecule has 0 aliphatic carbocycles. The fourth-order valence-corrected chi connectivity index (χ4v) is 3.74. The summed E-state index contributed by atoms with van der Waals surface area (Å²) in [5, 5.41) is 8.06. The van der Waals surface area contributed by atoms with E-state index in [9.17, 15) is 4.79 Å². The van der Waals surface area contributed by atoms with Crippen LogP contribution in [-0.4, -0.2) is 33.2 Å². The first kappa shape index (κ1) is 14.4. The van der Waals surface area contributed by atoms with Gasteiger partial charge in [0.25, 0.3) is 0 Å². The molecule has 1 N–H and O–H groups in total. The number of aromatic nitrogens is 2. The monoisotopic (exact) mass is 281 g/mol. The van der Waals surface area contributed by atoms with E-state index >= 15 is 0 Å². The number of hydrogen-bond donors (Lipinski definition) is 1. The molecule has 1 aliphatic rings. The van der Waals surface area contributed by atoms with Gasteiger partial charge in [0.05, 0.1) is 5.69 Å². The highest BCUT2D eigenvalue weighted by atomic mass is 32.2. The van der Waals surface area contributed by atoms with E-state index in [0.717, 1.165) is 24.4 Å². The molecule has 1 amide bonds. The number of carbonyl (C=O) groups excluding carboxylic acids is 1. The lowest BCUT2D eigenvalue weighted by Gasteiger charge is -2.10. The highest BCUT2D eigenvalue weighted by Gasteiger charge is 2.16. The van der Waals surface area contributed by atoms with Gasteiger partial charge in [0, 0.05) is 31.0 Å².